The Morgan fingerprint density at radius 2 is 1.94 bits per heavy atom. The van der Waals surface area contributed by atoms with Crippen molar-refractivity contribution in [2.75, 3.05) is 12.4 Å². The molecule has 1 heterocycles. The number of anilines is 1. The minimum Gasteiger partial charge on any atom is -0.474 e. The maximum Gasteiger partial charge on any atom is 0.225 e. The molecule has 1 fully saturated rings. The quantitative estimate of drug-likeness (QED) is 0.875. The van der Waals surface area contributed by atoms with Crippen LogP contribution in [0.2, 0.25) is 0 Å². The second kappa shape index (κ2) is 5.34. The van der Waals surface area contributed by atoms with Crippen LogP contribution in [-0.2, 0) is 0 Å². The molecule has 1 aliphatic carbocycles. The molecule has 4 heteroatoms. The maximum absolute atomic E-state index is 5.95. The zero-order valence-corrected chi connectivity index (χ0v) is 10.8. The molecule has 1 aliphatic rings. The SMILES string of the molecule is CNc1nccc(OC2CC(C)CC(C)C2)n1. The third kappa shape index (κ3) is 3.32. The molecule has 4 nitrogen and oxygen atoms in total. The summed E-state index contributed by atoms with van der Waals surface area (Å²) in [6.45, 7) is 4.59. The first-order valence-electron chi connectivity index (χ1n) is 6.35. The lowest BCUT2D eigenvalue weighted by Gasteiger charge is -2.31. The fraction of sp³-hybridized carbons (Fsp3) is 0.692. The summed E-state index contributed by atoms with van der Waals surface area (Å²) in [6.07, 6.45) is 5.59. The van der Waals surface area contributed by atoms with Crippen LogP contribution in [0.15, 0.2) is 12.3 Å². The van der Waals surface area contributed by atoms with Crippen molar-refractivity contribution in [1.82, 2.24) is 9.97 Å². The number of nitrogens with zero attached hydrogens (tertiary/aromatic N) is 2. The van der Waals surface area contributed by atoms with E-state index in [-0.39, 0.29) is 0 Å². The number of ether oxygens (including phenoxy) is 1. The molecule has 17 heavy (non-hydrogen) atoms. The molecule has 2 rings (SSSR count). The van der Waals surface area contributed by atoms with Gasteiger partial charge in [-0.3, -0.25) is 0 Å². The second-order valence-corrected chi connectivity index (χ2v) is 5.13. The Balaban J connectivity index is 1.99. The van der Waals surface area contributed by atoms with Gasteiger partial charge in [-0.25, -0.2) is 4.98 Å². The lowest BCUT2D eigenvalue weighted by molar-refractivity contribution is 0.0967. The van der Waals surface area contributed by atoms with E-state index in [2.05, 4.69) is 29.1 Å². The fourth-order valence-corrected chi connectivity index (χ4v) is 2.67. The van der Waals surface area contributed by atoms with Gasteiger partial charge in [0, 0.05) is 19.3 Å². The minimum absolute atomic E-state index is 0.299. The average Bonchev–Trinajstić information content (AvgIpc) is 2.28. The van der Waals surface area contributed by atoms with Gasteiger partial charge < -0.3 is 10.1 Å². The van der Waals surface area contributed by atoms with Crippen LogP contribution < -0.4 is 10.1 Å². The van der Waals surface area contributed by atoms with Gasteiger partial charge in [-0.05, 0) is 31.1 Å². The van der Waals surface area contributed by atoms with Gasteiger partial charge in [0.25, 0.3) is 0 Å². The molecule has 2 unspecified atom stereocenters. The van der Waals surface area contributed by atoms with Crippen LogP contribution in [0, 0.1) is 11.8 Å². The van der Waals surface area contributed by atoms with Gasteiger partial charge in [0.2, 0.25) is 11.8 Å². The lowest BCUT2D eigenvalue weighted by Crippen LogP contribution is -2.28. The van der Waals surface area contributed by atoms with E-state index < -0.39 is 0 Å². The van der Waals surface area contributed by atoms with Crippen LogP contribution in [0.1, 0.15) is 33.1 Å². The van der Waals surface area contributed by atoms with Gasteiger partial charge in [-0.15, -0.1) is 0 Å². The third-order valence-electron chi connectivity index (χ3n) is 3.28. The minimum atomic E-state index is 0.299. The molecule has 0 saturated heterocycles. The van der Waals surface area contributed by atoms with Crippen LogP contribution in [0.3, 0.4) is 0 Å². The highest BCUT2D eigenvalue weighted by Gasteiger charge is 2.25. The highest BCUT2D eigenvalue weighted by atomic mass is 16.5. The molecule has 0 radical (unpaired) electrons. The van der Waals surface area contributed by atoms with E-state index in [1.165, 1.54) is 6.42 Å². The molecule has 0 amide bonds. The summed E-state index contributed by atoms with van der Waals surface area (Å²) >= 11 is 0. The Kier molecular flexibility index (Phi) is 3.82. The Hall–Kier alpha value is -1.32. The van der Waals surface area contributed by atoms with Crippen LogP contribution in [0.4, 0.5) is 5.95 Å². The van der Waals surface area contributed by atoms with Gasteiger partial charge in [-0.1, -0.05) is 13.8 Å². The molecule has 1 N–H and O–H groups in total. The van der Waals surface area contributed by atoms with Crippen molar-refractivity contribution in [2.45, 2.75) is 39.2 Å². The third-order valence-corrected chi connectivity index (χ3v) is 3.28. The molecule has 0 bridgehead atoms. The van der Waals surface area contributed by atoms with Gasteiger partial charge in [0.05, 0.1) is 0 Å². The molecular weight excluding hydrogens is 214 g/mol. The van der Waals surface area contributed by atoms with Crippen LogP contribution in [0.5, 0.6) is 5.88 Å². The van der Waals surface area contributed by atoms with Crippen molar-refractivity contribution in [3.05, 3.63) is 12.3 Å². The van der Waals surface area contributed by atoms with E-state index in [9.17, 15) is 0 Å². The van der Waals surface area contributed by atoms with Crippen molar-refractivity contribution in [3.8, 4) is 5.88 Å². The standard InChI is InChI=1S/C13H21N3O/c1-9-6-10(2)8-11(7-9)17-12-4-5-15-13(14-3)16-12/h4-5,9-11H,6-8H2,1-3H3,(H,14,15,16). The molecule has 0 aliphatic heterocycles. The van der Waals surface area contributed by atoms with E-state index in [0.29, 0.717) is 17.9 Å². The molecular formula is C13H21N3O. The van der Waals surface area contributed by atoms with Gasteiger partial charge in [0.15, 0.2) is 0 Å². The normalized spacial score (nSPS) is 28.8. The average molecular weight is 235 g/mol. The topological polar surface area (TPSA) is 47.0 Å². The summed E-state index contributed by atoms with van der Waals surface area (Å²) in [5, 5.41) is 2.92. The summed E-state index contributed by atoms with van der Waals surface area (Å²) in [4.78, 5) is 8.37. The van der Waals surface area contributed by atoms with Gasteiger partial charge in [0.1, 0.15) is 6.10 Å². The Morgan fingerprint density at radius 3 is 2.59 bits per heavy atom. The van der Waals surface area contributed by atoms with Gasteiger partial charge in [-0.2, -0.15) is 4.98 Å². The highest BCUT2D eigenvalue weighted by Crippen LogP contribution is 2.30. The van der Waals surface area contributed by atoms with Crippen molar-refractivity contribution < 1.29 is 4.74 Å². The lowest BCUT2D eigenvalue weighted by atomic mass is 9.82. The summed E-state index contributed by atoms with van der Waals surface area (Å²) in [5.41, 5.74) is 0. The van der Waals surface area contributed by atoms with E-state index in [1.54, 1.807) is 6.20 Å². The van der Waals surface area contributed by atoms with Crippen LogP contribution in [0.25, 0.3) is 0 Å². The predicted molar refractivity (Wildman–Crippen MR) is 68.2 cm³/mol. The molecule has 94 valence electrons. The van der Waals surface area contributed by atoms with Crippen molar-refractivity contribution in [2.24, 2.45) is 11.8 Å². The molecule has 1 aromatic heterocycles. The van der Waals surface area contributed by atoms with Gasteiger partial charge >= 0.3 is 0 Å². The summed E-state index contributed by atoms with van der Waals surface area (Å²) < 4.78 is 5.95. The number of aromatic nitrogens is 2. The first kappa shape index (κ1) is 12.1. The summed E-state index contributed by atoms with van der Waals surface area (Å²) in [5.74, 6) is 2.78. The maximum atomic E-state index is 5.95. The first-order chi connectivity index (χ1) is 8.17. The van der Waals surface area contributed by atoms with Crippen LogP contribution in [-0.4, -0.2) is 23.1 Å². The van der Waals surface area contributed by atoms with E-state index in [4.69, 9.17) is 4.74 Å². The fourth-order valence-electron chi connectivity index (χ4n) is 2.67. The Bertz CT molecular complexity index is 359. The highest BCUT2D eigenvalue weighted by molar-refractivity contribution is 5.26. The van der Waals surface area contributed by atoms with E-state index in [1.807, 2.05) is 13.1 Å². The van der Waals surface area contributed by atoms with E-state index >= 15 is 0 Å². The monoisotopic (exact) mass is 235 g/mol. The number of hydrogen-bond donors (Lipinski definition) is 1. The Labute approximate surface area is 103 Å². The number of rotatable bonds is 3. The second-order valence-electron chi connectivity index (χ2n) is 5.13. The molecule has 0 spiro atoms. The molecule has 1 aromatic rings. The van der Waals surface area contributed by atoms with Crippen molar-refractivity contribution in [1.29, 1.82) is 0 Å². The molecule has 0 aromatic carbocycles. The van der Waals surface area contributed by atoms with Crippen LogP contribution >= 0.6 is 0 Å². The first-order valence-corrected chi connectivity index (χ1v) is 6.35. The molecule has 1 saturated carbocycles. The number of nitrogens with one attached hydrogen (secondary N) is 1. The summed E-state index contributed by atoms with van der Waals surface area (Å²) in [6, 6.07) is 1.82. The summed E-state index contributed by atoms with van der Waals surface area (Å²) in [7, 11) is 1.81. The Morgan fingerprint density at radius 1 is 1.24 bits per heavy atom. The van der Waals surface area contributed by atoms with Crippen molar-refractivity contribution >= 4 is 5.95 Å². The van der Waals surface area contributed by atoms with E-state index in [0.717, 1.165) is 24.7 Å². The zero-order valence-electron chi connectivity index (χ0n) is 10.8. The largest absolute Gasteiger partial charge is 0.474 e. The smallest absolute Gasteiger partial charge is 0.225 e. The zero-order chi connectivity index (χ0) is 12.3. The number of hydrogen-bond acceptors (Lipinski definition) is 4. The predicted octanol–water partition coefficient (Wildman–Crippen LogP) is 2.72. The molecule has 2 atom stereocenters. The van der Waals surface area contributed by atoms with Crippen molar-refractivity contribution in [3.63, 3.8) is 0 Å².